The van der Waals surface area contributed by atoms with Crippen molar-refractivity contribution in [2.24, 2.45) is 0 Å². The lowest BCUT2D eigenvalue weighted by molar-refractivity contribution is -0.193. The number of nitrogens with zero attached hydrogens (tertiary/aromatic N) is 3. The van der Waals surface area contributed by atoms with Gasteiger partial charge >= 0.3 is 24.3 Å². The number of aromatic amines is 2. The Morgan fingerprint density at radius 2 is 1.54 bits per heavy atom. The molecule has 0 saturated heterocycles. The number of hydrogen-bond acceptors (Lipinski definition) is 6. The van der Waals surface area contributed by atoms with Crippen LogP contribution in [0.5, 0.6) is 0 Å². The van der Waals surface area contributed by atoms with Crippen LogP contribution < -0.4 is 5.32 Å². The number of carbonyl (C=O) groups is 2. The fourth-order valence-corrected chi connectivity index (χ4v) is 2.65. The summed E-state index contributed by atoms with van der Waals surface area (Å²) in [5.74, 6) is -3.80. The Hall–Kier alpha value is -4.15. The van der Waals surface area contributed by atoms with Crippen molar-refractivity contribution >= 4 is 44.7 Å². The Labute approximate surface area is 210 Å². The number of pyridine rings is 1. The van der Waals surface area contributed by atoms with E-state index in [0.29, 0.717) is 6.54 Å². The lowest BCUT2D eigenvalue weighted by atomic mass is 10.2. The van der Waals surface area contributed by atoms with Gasteiger partial charge in [0.05, 0.1) is 6.54 Å². The molecule has 4 aromatic rings. The standard InChI is InChI=1S/C16H13BrN6.2C2HF3O2/c17-11-7-13-16(21-8-11)23-15(22-13)10-1-3-12(4-2-10)20-9-14-18-5-6-19-14;2*3-2(4,5)1(6)7/h1-8,20H,9H2,(H,18,19)(H,21,22,23);2*(H,6,7). The van der Waals surface area contributed by atoms with Gasteiger partial charge in [-0.25, -0.2) is 24.5 Å². The molecular weight excluding hydrogens is 582 g/mol. The van der Waals surface area contributed by atoms with Crippen LogP contribution in [0.2, 0.25) is 0 Å². The first-order valence-corrected chi connectivity index (χ1v) is 10.4. The maximum absolute atomic E-state index is 10.6. The van der Waals surface area contributed by atoms with Crippen molar-refractivity contribution in [3.63, 3.8) is 0 Å². The normalized spacial score (nSPS) is 11.1. The molecule has 0 bridgehead atoms. The van der Waals surface area contributed by atoms with Crippen molar-refractivity contribution in [2.45, 2.75) is 18.9 Å². The topological polar surface area (TPSA) is 157 Å². The summed E-state index contributed by atoms with van der Waals surface area (Å²) in [4.78, 5) is 37.2. The maximum Gasteiger partial charge on any atom is 0.490 e. The minimum atomic E-state index is -5.08. The van der Waals surface area contributed by atoms with Crippen molar-refractivity contribution in [3.05, 3.63) is 59.2 Å². The van der Waals surface area contributed by atoms with E-state index >= 15 is 0 Å². The number of anilines is 1. The third-order valence-electron chi connectivity index (χ3n) is 3.96. The SMILES string of the molecule is Brc1cnc2[nH]c(-c3ccc(NCc4ncc[nH]4)cc3)nc2c1.O=C(O)C(F)(F)F.O=C(O)C(F)(F)F. The average Bonchev–Trinajstić information content (AvgIpc) is 3.47. The lowest BCUT2D eigenvalue weighted by Gasteiger charge is -2.05. The van der Waals surface area contributed by atoms with Gasteiger partial charge < -0.3 is 25.5 Å². The molecule has 0 radical (unpaired) electrons. The van der Waals surface area contributed by atoms with Crippen LogP contribution in [0.1, 0.15) is 5.82 Å². The van der Waals surface area contributed by atoms with E-state index < -0.39 is 24.3 Å². The highest BCUT2D eigenvalue weighted by atomic mass is 79.9. The minimum Gasteiger partial charge on any atom is -0.475 e. The average molecular weight is 597 g/mol. The molecule has 0 amide bonds. The second-order valence-corrected chi connectivity index (χ2v) is 7.59. The summed E-state index contributed by atoms with van der Waals surface area (Å²) < 4.78 is 64.4. The van der Waals surface area contributed by atoms with E-state index in [1.165, 1.54) is 0 Å². The number of carboxylic acid groups (broad SMARTS) is 2. The highest BCUT2D eigenvalue weighted by Crippen LogP contribution is 2.23. The highest BCUT2D eigenvalue weighted by Gasteiger charge is 2.38. The van der Waals surface area contributed by atoms with Crippen LogP contribution in [-0.2, 0) is 16.1 Å². The van der Waals surface area contributed by atoms with E-state index in [1.807, 2.05) is 36.5 Å². The summed E-state index contributed by atoms with van der Waals surface area (Å²) >= 11 is 3.41. The molecular formula is C20H15BrF6N6O4. The predicted molar refractivity (Wildman–Crippen MR) is 120 cm³/mol. The van der Waals surface area contributed by atoms with Crippen molar-refractivity contribution in [1.82, 2.24) is 24.9 Å². The van der Waals surface area contributed by atoms with E-state index in [1.54, 1.807) is 12.4 Å². The third-order valence-corrected chi connectivity index (χ3v) is 4.40. The number of alkyl halides is 6. The smallest absolute Gasteiger partial charge is 0.475 e. The highest BCUT2D eigenvalue weighted by molar-refractivity contribution is 9.10. The lowest BCUT2D eigenvalue weighted by Crippen LogP contribution is -2.21. The van der Waals surface area contributed by atoms with E-state index in [4.69, 9.17) is 19.8 Å². The number of halogens is 7. The predicted octanol–water partition coefficient (Wildman–Crippen LogP) is 4.99. The van der Waals surface area contributed by atoms with Gasteiger partial charge in [0, 0.05) is 34.3 Å². The Morgan fingerprint density at radius 3 is 2.03 bits per heavy atom. The van der Waals surface area contributed by atoms with Crippen molar-refractivity contribution in [3.8, 4) is 11.4 Å². The number of aromatic nitrogens is 5. The van der Waals surface area contributed by atoms with Gasteiger partial charge in [0.25, 0.3) is 0 Å². The molecule has 0 atom stereocenters. The molecule has 0 aliphatic heterocycles. The number of imidazole rings is 2. The van der Waals surface area contributed by atoms with Crippen LogP contribution in [0.4, 0.5) is 32.0 Å². The number of nitrogens with one attached hydrogen (secondary N) is 3. The minimum absolute atomic E-state index is 0.662. The van der Waals surface area contributed by atoms with Gasteiger partial charge in [-0.15, -0.1) is 0 Å². The van der Waals surface area contributed by atoms with Gasteiger partial charge in [-0.1, -0.05) is 0 Å². The van der Waals surface area contributed by atoms with Gasteiger partial charge in [-0.2, -0.15) is 26.3 Å². The Kier molecular flexibility index (Phi) is 9.59. The molecule has 198 valence electrons. The number of rotatable bonds is 4. The molecule has 0 aliphatic rings. The van der Waals surface area contributed by atoms with Crippen LogP contribution in [0.25, 0.3) is 22.6 Å². The van der Waals surface area contributed by atoms with E-state index in [9.17, 15) is 26.3 Å². The fraction of sp³-hybridized carbons (Fsp3) is 0.150. The summed E-state index contributed by atoms with van der Waals surface area (Å²) in [5, 5.41) is 17.6. The zero-order valence-corrected chi connectivity index (χ0v) is 19.6. The molecule has 0 spiro atoms. The van der Waals surface area contributed by atoms with Crippen molar-refractivity contribution in [2.75, 3.05) is 5.32 Å². The zero-order chi connectivity index (χ0) is 27.8. The molecule has 1 aromatic carbocycles. The summed E-state index contributed by atoms with van der Waals surface area (Å²) in [6.07, 6.45) is -4.85. The maximum atomic E-state index is 10.6. The first kappa shape index (κ1) is 29.1. The Morgan fingerprint density at radius 1 is 0.973 bits per heavy atom. The molecule has 0 saturated carbocycles. The van der Waals surface area contributed by atoms with Crippen molar-refractivity contribution < 1.29 is 46.1 Å². The van der Waals surface area contributed by atoms with Crippen LogP contribution in [0.3, 0.4) is 0 Å². The number of aliphatic carboxylic acids is 2. The molecule has 3 aromatic heterocycles. The van der Waals surface area contributed by atoms with E-state index in [2.05, 4.69) is 46.2 Å². The molecule has 5 N–H and O–H groups in total. The summed E-state index contributed by atoms with van der Waals surface area (Å²) in [7, 11) is 0. The molecule has 0 unspecified atom stereocenters. The van der Waals surface area contributed by atoms with Gasteiger partial charge in [0.1, 0.15) is 17.2 Å². The van der Waals surface area contributed by atoms with Gasteiger partial charge in [0.15, 0.2) is 5.65 Å². The molecule has 3 heterocycles. The second kappa shape index (κ2) is 12.2. The van der Waals surface area contributed by atoms with Crippen LogP contribution in [0, 0.1) is 0 Å². The van der Waals surface area contributed by atoms with Crippen LogP contribution >= 0.6 is 15.9 Å². The van der Waals surface area contributed by atoms with E-state index in [-0.39, 0.29) is 0 Å². The number of H-pyrrole nitrogens is 2. The Bertz CT molecular complexity index is 1300. The first-order chi connectivity index (χ1) is 17.2. The summed E-state index contributed by atoms with van der Waals surface area (Å²) in [6.45, 7) is 0.662. The number of benzene rings is 1. The van der Waals surface area contributed by atoms with Gasteiger partial charge in [-0.3, -0.25) is 0 Å². The quantitative estimate of drug-likeness (QED) is 0.206. The fourth-order valence-electron chi connectivity index (χ4n) is 2.33. The van der Waals surface area contributed by atoms with E-state index in [0.717, 1.165) is 38.5 Å². The molecule has 0 fully saturated rings. The number of hydrogen-bond donors (Lipinski definition) is 5. The summed E-state index contributed by atoms with van der Waals surface area (Å²) in [5.41, 5.74) is 3.67. The first-order valence-electron chi connectivity index (χ1n) is 9.61. The van der Waals surface area contributed by atoms with Gasteiger partial charge in [-0.05, 0) is 46.3 Å². The monoisotopic (exact) mass is 596 g/mol. The van der Waals surface area contributed by atoms with Gasteiger partial charge in [0.2, 0.25) is 0 Å². The molecule has 10 nitrogen and oxygen atoms in total. The molecule has 0 aliphatic carbocycles. The van der Waals surface area contributed by atoms with Crippen LogP contribution in [-0.4, -0.2) is 59.4 Å². The molecule has 37 heavy (non-hydrogen) atoms. The van der Waals surface area contributed by atoms with Crippen molar-refractivity contribution in [1.29, 1.82) is 0 Å². The zero-order valence-electron chi connectivity index (χ0n) is 18.0. The largest absolute Gasteiger partial charge is 0.490 e. The van der Waals surface area contributed by atoms with Crippen LogP contribution in [0.15, 0.2) is 53.4 Å². The third kappa shape index (κ3) is 9.43. The molecule has 17 heteroatoms. The number of fused-ring (bicyclic) bond motifs is 1. The summed E-state index contributed by atoms with van der Waals surface area (Å²) in [6, 6.07) is 10.0. The molecule has 4 rings (SSSR count). The Balaban J connectivity index is 0.000000286. The number of carboxylic acids is 2. The second-order valence-electron chi connectivity index (χ2n) is 6.68.